The third-order valence-corrected chi connectivity index (χ3v) is 2.93. The van der Waals surface area contributed by atoms with E-state index in [-0.39, 0.29) is 17.0 Å². The summed E-state index contributed by atoms with van der Waals surface area (Å²) in [6.07, 6.45) is 1.76. The molecular formula is C15H17N3O3. The van der Waals surface area contributed by atoms with Gasteiger partial charge >= 0.3 is 0 Å². The molecule has 1 heterocycles. The zero-order chi connectivity index (χ0) is 15.2. The second-order valence-electron chi connectivity index (χ2n) is 4.64. The average molecular weight is 287 g/mol. The summed E-state index contributed by atoms with van der Waals surface area (Å²) in [6, 6.07) is 8.96. The van der Waals surface area contributed by atoms with Gasteiger partial charge in [-0.15, -0.1) is 0 Å². The fraction of sp³-hybridized carbons (Fsp3) is 0.267. The van der Waals surface area contributed by atoms with Crippen molar-refractivity contribution < 1.29 is 9.90 Å². The second kappa shape index (κ2) is 6.69. The van der Waals surface area contributed by atoms with Crippen LogP contribution in [0.15, 0.2) is 41.2 Å². The predicted octanol–water partition coefficient (Wildman–Crippen LogP) is 2.00. The Kier molecular flexibility index (Phi) is 4.71. The van der Waals surface area contributed by atoms with E-state index in [0.29, 0.717) is 12.2 Å². The molecule has 0 fully saturated rings. The first-order valence-corrected chi connectivity index (χ1v) is 6.78. The van der Waals surface area contributed by atoms with Gasteiger partial charge in [0.2, 0.25) is 0 Å². The molecule has 0 spiro atoms. The molecule has 0 saturated carbocycles. The molecule has 0 bridgehead atoms. The van der Waals surface area contributed by atoms with Gasteiger partial charge in [0, 0.05) is 24.4 Å². The highest BCUT2D eigenvalue weighted by Gasteiger charge is 2.10. The second-order valence-corrected chi connectivity index (χ2v) is 4.64. The Bertz CT molecular complexity index is 695. The van der Waals surface area contributed by atoms with Crippen molar-refractivity contribution in [2.24, 2.45) is 0 Å². The number of phenols is 1. The number of anilines is 1. The molecule has 0 aliphatic heterocycles. The monoisotopic (exact) mass is 287 g/mol. The van der Waals surface area contributed by atoms with Gasteiger partial charge in [-0.25, -0.2) is 4.68 Å². The average Bonchev–Trinajstić information content (AvgIpc) is 2.46. The summed E-state index contributed by atoms with van der Waals surface area (Å²) in [5.74, 6) is -0.362. The Morgan fingerprint density at radius 1 is 1.33 bits per heavy atom. The number of amides is 1. The zero-order valence-corrected chi connectivity index (χ0v) is 11.7. The van der Waals surface area contributed by atoms with Crippen molar-refractivity contribution in [3.8, 4) is 5.75 Å². The highest BCUT2D eigenvalue weighted by atomic mass is 16.3. The summed E-state index contributed by atoms with van der Waals surface area (Å²) in [4.78, 5) is 23.7. The Morgan fingerprint density at radius 2 is 2.14 bits per heavy atom. The molecule has 21 heavy (non-hydrogen) atoms. The summed E-state index contributed by atoms with van der Waals surface area (Å²) in [5.41, 5.74) is 0.402. The van der Waals surface area contributed by atoms with Crippen LogP contribution in [0.2, 0.25) is 0 Å². The first kappa shape index (κ1) is 14.8. The molecule has 6 nitrogen and oxygen atoms in total. The molecule has 0 unspecified atom stereocenters. The molecule has 2 rings (SSSR count). The zero-order valence-electron chi connectivity index (χ0n) is 11.7. The van der Waals surface area contributed by atoms with Gasteiger partial charge in [-0.1, -0.05) is 19.4 Å². The molecule has 0 atom stereocenters. The summed E-state index contributed by atoms with van der Waals surface area (Å²) < 4.78 is 1.29. The van der Waals surface area contributed by atoms with Crippen molar-refractivity contribution in [2.75, 3.05) is 5.32 Å². The maximum atomic E-state index is 12.1. The van der Waals surface area contributed by atoms with Crippen LogP contribution >= 0.6 is 0 Å². The highest BCUT2D eigenvalue weighted by molar-refractivity contribution is 6.02. The van der Waals surface area contributed by atoms with Gasteiger partial charge in [-0.2, -0.15) is 5.10 Å². The smallest absolute Gasteiger partial charge is 0.276 e. The van der Waals surface area contributed by atoms with Crippen molar-refractivity contribution in [1.29, 1.82) is 0 Å². The van der Waals surface area contributed by atoms with Crippen molar-refractivity contribution >= 4 is 11.6 Å². The molecule has 1 aromatic carbocycles. The summed E-state index contributed by atoms with van der Waals surface area (Å²) in [7, 11) is 0. The van der Waals surface area contributed by atoms with Crippen LogP contribution in [0.4, 0.5) is 5.69 Å². The van der Waals surface area contributed by atoms with Crippen LogP contribution in [0.5, 0.6) is 5.75 Å². The first-order chi connectivity index (χ1) is 10.1. The van der Waals surface area contributed by atoms with E-state index in [0.717, 1.165) is 12.8 Å². The molecule has 110 valence electrons. The van der Waals surface area contributed by atoms with Crippen LogP contribution in [0.25, 0.3) is 0 Å². The van der Waals surface area contributed by atoms with Crippen molar-refractivity contribution in [3.63, 3.8) is 0 Å². The van der Waals surface area contributed by atoms with Crippen LogP contribution in [-0.2, 0) is 6.54 Å². The van der Waals surface area contributed by atoms with Crippen LogP contribution < -0.4 is 10.9 Å². The summed E-state index contributed by atoms with van der Waals surface area (Å²) in [6.45, 7) is 2.51. The number of aromatic nitrogens is 2. The fourth-order valence-corrected chi connectivity index (χ4v) is 1.82. The van der Waals surface area contributed by atoms with Gasteiger partial charge in [-0.3, -0.25) is 9.59 Å². The number of rotatable bonds is 5. The minimum absolute atomic E-state index is 0.0636. The molecule has 1 amide bonds. The molecular weight excluding hydrogens is 270 g/mol. The third-order valence-electron chi connectivity index (χ3n) is 2.93. The molecule has 0 aliphatic carbocycles. The van der Waals surface area contributed by atoms with Crippen molar-refractivity contribution in [2.45, 2.75) is 26.3 Å². The van der Waals surface area contributed by atoms with Crippen molar-refractivity contribution in [3.05, 3.63) is 52.4 Å². The Labute approximate surface area is 122 Å². The number of nitrogens with one attached hydrogen (secondary N) is 1. The van der Waals surface area contributed by atoms with Gasteiger partial charge in [0.15, 0.2) is 0 Å². The van der Waals surface area contributed by atoms with E-state index in [2.05, 4.69) is 10.4 Å². The lowest BCUT2D eigenvalue weighted by atomic mass is 10.3. The third kappa shape index (κ3) is 3.92. The van der Waals surface area contributed by atoms with Gasteiger partial charge in [0.25, 0.3) is 11.5 Å². The number of unbranched alkanes of at least 4 members (excludes halogenated alkanes) is 1. The fourth-order valence-electron chi connectivity index (χ4n) is 1.82. The largest absolute Gasteiger partial charge is 0.508 e. The molecule has 2 N–H and O–H groups in total. The van der Waals surface area contributed by atoms with Crippen molar-refractivity contribution in [1.82, 2.24) is 9.78 Å². The number of phenolic OH excluding ortho intramolecular Hbond substituents is 1. The predicted molar refractivity (Wildman–Crippen MR) is 79.5 cm³/mol. The van der Waals surface area contributed by atoms with E-state index >= 15 is 0 Å². The summed E-state index contributed by atoms with van der Waals surface area (Å²) in [5, 5.41) is 16.0. The quantitative estimate of drug-likeness (QED) is 0.881. The van der Waals surface area contributed by atoms with E-state index in [4.69, 9.17) is 0 Å². The molecule has 0 saturated heterocycles. The molecule has 2 aromatic rings. The van der Waals surface area contributed by atoms with Crippen LogP contribution in [0, 0.1) is 0 Å². The number of hydrogen-bond donors (Lipinski definition) is 2. The van der Waals surface area contributed by atoms with E-state index in [9.17, 15) is 14.7 Å². The standard InChI is InChI=1S/C15H17N3O3/c1-2-3-9-18-14(20)8-7-13(17-18)15(21)16-11-5-4-6-12(19)10-11/h4-8,10,19H,2-3,9H2,1H3,(H,16,21). The molecule has 0 radical (unpaired) electrons. The lowest BCUT2D eigenvalue weighted by molar-refractivity contribution is 0.102. The SMILES string of the molecule is CCCCn1nc(C(=O)Nc2cccc(O)c2)ccc1=O. The number of aryl methyl sites for hydroxylation is 1. The number of nitrogens with zero attached hydrogens (tertiary/aromatic N) is 2. The minimum atomic E-state index is -0.425. The molecule has 0 aliphatic rings. The molecule has 1 aromatic heterocycles. The highest BCUT2D eigenvalue weighted by Crippen LogP contribution is 2.15. The lowest BCUT2D eigenvalue weighted by Crippen LogP contribution is -2.26. The number of benzene rings is 1. The van der Waals surface area contributed by atoms with E-state index in [1.54, 1.807) is 12.1 Å². The van der Waals surface area contributed by atoms with E-state index < -0.39 is 5.91 Å². The van der Waals surface area contributed by atoms with E-state index in [1.807, 2.05) is 6.92 Å². The lowest BCUT2D eigenvalue weighted by Gasteiger charge is -2.07. The summed E-state index contributed by atoms with van der Waals surface area (Å²) >= 11 is 0. The van der Waals surface area contributed by atoms with Gasteiger partial charge < -0.3 is 10.4 Å². The number of hydrogen-bond acceptors (Lipinski definition) is 4. The van der Waals surface area contributed by atoms with Gasteiger partial charge in [0.1, 0.15) is 11.4 Å². The maximum Gasteiger partial charge on any atom is 0.276 e. The first-order valence-electron chi connectivity index (χ1n) is 6.78. The van der Waals surface area contributed by atoms with Gasteiger partial charge in [0.05, 0.1) is 0 Å². The van der Waals surface area contributed by atoms with E-state index in [1.165, 1.54) is 28.9 Å². The van der Waals surface area contributed by atoms with Crippen LogP contribution in [0.1, 0.15) is 30.3 Å². The topological polar surface area (TPSA) is 84.2 Å². The Balaban J connectivity index is 2.17. The Morgan fingerprint density at radius 3 is 2.86 bits per heavy atom. The number of aromatic hydroxyl groups is 1. The molecule has 6 heteroatoms. The maximum absolute atomic E-state index is 12.1. The van der Waals surface area contributed by atoms with Crippen LogP contribution in [0.3, 0.4) is 0 Å². The number of carbonyl (C=O) groups is 1. The number of carbonyl (C=O) groups excluding carboxylic acids is 1. The van der Waals surface area contributed by atoms with Gasteiger partial charge in [-0.05, 0) is 24.6 Å². The minimum Gasteiger partial charge on any atom is -0.508 e. The van der Waals surface area contributed by atoms with Crippen LogP contribution in [-0.4, -0.2) is 20.8 Å². The normalized spacial score (nSPS) is 10.3. The Hall–Kier alpha value is -2.63.